The lowest BCUT2D eigenvalue weighted by atomic mass is 10.0. The number of nitrogens with one attached hydrogen (secondary N) is 1. The van der Waals surface area contributed by atoms with Crippen molar-refractivity contribution in [2.24, 2.45) is 0 Å². The van der Waals surface area contributed by atoms with Crippen LogP contribution in [0.15, 0.2) is 35.1 Å². The molecule has 0 spiro atoms. The Morgan fingerprint density at radius 1 is 1.33 bits per heavy atom. The van der Waals surface area contributed by atoms with Gasteiger partial charge < -0.3 is 9.73 Å². The highest BCUT2D eigenvalue weighted by molar-refractivity contribution is 5.04. The maximum atomic E-state index is 5.41. The van der Waals surface area contributed by atoms with Gasteiger partial charge in [0.2, 0.25) is 0 Å². The summed E-state index contributed by atoms with van der Waals surface area (Å²) in [6, 6.07) is 7.05. The molecule has 2 atom stereocenters. The minimum absolute atomic E-state index is 0.445. The van der Waals surface area contributed by atoms with E-state index in [-0.39, 0.29) is 0 Å². The van der Waals surface area contributed by atoms with Gasteiger partial charge in [0.05, 0.1) is 12.0 Å². The second-order valence-electron chi connectivity index (χ2n) is 5.62. The predicted molar refractivity (Wildman–Crippen MR) is 85.4 cm³/mol. The lowest BCUT2D eigenvalue weighted by Crippen LogP contribution is -2.31. The number of rotatable bonds is 9. The molecule has 0 fully saturated rings. The van der Waals surface area contributed by atoms with E-state index >= 15 is 0 Å². The van der Waals surface area contributed by atoms with Gasteiger partial charge in [0, 0.05) is 31.1 Å². The van der Waals surface area contributed by atoms with Crippen LogP contribution in [-0.4, -0.2) is 22.4 Å². The van der Waals surface area contributed by atoms with E-state index in [4.69, 9.17) is 9.52 Å². The van der Waals surface area contributed by atoms with E-state index in [1.54, 1.807) is 6.26 Å². The Morgan fingerprint density at radius 3 is 2.86 bits per heavy atom. The minimum Gasteiger partial charge on any atom is -0.469 e. The topological polar surface area (TPSA) is 43.0 Å². The fraction of sp³-hybridized carbons (Fsp3) is 0.588. The maximum Gasteiger partial charge on any atom is 0.103 e. The predicted octanol–water partition coefficient (Wildman–Crippen LogP) is 3.60. The molecule has 0 aliphatic carbocycles. The molecule has 0 bridgehead atoms. The maximum absolute atomic E-state index is 5.41. The average Bonchev–Trinajstić information content (AvgIpc) is 3.15. The average molecular weight is 289 g/mol. The largest absolute Gasteiger partial charge is 0.469 e. The molecule has 2 heterocycles. The van der Waals surface area contributed by atoms with Gasteiger partial charge in [-0.25, -0.2) is 0 Å². The Labute approximate surface area is 127 Å². The molecular formula is C17H27N3O. The molecule has 0 radical (unpaired) electrons. The number of aryl methyl sites for hydroxylation is 1. The second-order valence-corrected chi connectivity index (χ2v) is 5.62. The third kappa shape index (κ3) is 4.74. The molecule has 2 aromatic rings. The van der Waals surface area contributed by atoms with Gasteiger partial charge in [-0.1, -0.05) is 13.8 Å². The zero-order chi connectivity index (χ0) is 15.1. The van der Waals surface area contributed by atoms with Gasteiger partial charge >= 0.3 is 0 Å². The molecule has 116 valence electrons. The highest BCUT2D eigenvalue weighted by atomic mass is 16.3. The van der Waals surface area contributed by atoms with Crippen LogP contribution in [0.3, 0.4) is 0 Å². The van der Waals surface area contributed by atoms with Crippen LogP contribution < -0.4 is 5.32 Å². The molecule has 0 aliphatic rings. The van der Waals surface area contributed by atoms with Gasteiger partial charge in [-0.15, -0.1) is 0 Å². The highest BCUT2D eigenvalue weighted by Crippen LogP contribution is 2.13. The number of nitrogens with zero attached hydrogens (tertiary/aromatic N) is 2. The number of aromatic nitrogens is 2. The molecule has 2 aromatic heterocycles. The molecule has 0 amide bonds. The van der Waals surface area contributed by atoms with Crippen LogP contribution in [0.1, 0.15) is 51.1 Å². The number of hydrogen-bond acceptors (Lipinski definition) is 3. The van der Waals surface area contributed by atoms with E-state index in [2.05, 4.69) is 43.0 Å². The third-order valence-electron chi connectivity index (χ3n) is 3.97. The molecule has 2 rings (SSSR count). The van der Waals surface area contributed by atoms with Crippen molar-refractivity contribution in [3.8, 4) is 0 Å². The van der Waals surface area contributed by atoms with Gasteiger partial charge in [0.1, 0.15) is 5.76 Å². The molecule has 4 heteroatoms. The zero-order valence-electron chi connectivity index (χ0n) is 13.4. The van der Waals surface area contributed by atoms with Crippen LogP contribution in [0.2, 0.25) is 0 Å². The summed E-state index contributed by atoms with van der Waals surface area (Å²) in [6.45, 7) is 7.53. The summed E-state index contributed by atoms with van der Waals surface area (Å²) < 4.78 is 7.49. The molecule has 0 saturated heterocycles. The van der Waals surface area contributed by atoms with Crippen molar-refractivity contribution in [1.82, 2.24) is 15.1 Å². The second kappa shape index (κ2) is 8.03. The zero-order valence-corrected chi connectivity index (χ0v) is 13.4. The minimum atomic E-state index is 0.445. The summed E-state index contributed by atoms with van der Waals surface area (Å²) in [7, 11) is 0. The summed E-state index contributed by atoms with van der Waals surface area (Å²) in [4.78, 5) is 0. The van der Waals surface area contributed by atoms with Crippen molar-refractivity contribution in [2.75, 3.05) is 6.54 Å². The van der Waals surface area contributed by atoms with E-state index < -0.39 is 0 Å². The lowest BCUT2D eigenvalue weighted by molar-refractivity contribution is 0.437. The Morgan fingerprint density at radius 2 is 2.19 bits per heavy atom. The van der Waals surface area contributed by atoms with Crippen LogP contribution in [-0.2, 0) is 12.8 Å². The fourth-order valence-corrected chi connectivity index (χ4v) is 2.51. The van der Waals surface area contributed by atoms with Crippen LogP contribution in [0, 0.1) is 0 Å². The summed E-state index contributed by atoms with van der Waals surface area (Å²) in [6.07, 6.45) is 7.95. The Bertz CT molecular complexity index is 504. The molecule has 1 N–H and O–H groups in total. The first-order valence-corrected chi connectivity index (χ1v) is 8.02. The Kier molecular flexibility index (Phi) is 6.05. The van der Waals surface area contributed by atoms with E-state index in [9.17, 15) is 0 Å². The highest BCUT2D eigenvalue weighted by Gasteiger charge is 2.12. The smallest absolute Gasteiger partial charge is 0.103 e. The van der Waals surface area contributed by atoms with Gasteiger partial charge in [-0.2, -0.15) is 5.10 Å². The van der Waals surface area contributed by atoms with Crippen LogP contribution in [0.4, 0.5) is 0 Å². The van der Waals surface area contributed by atoms with Crippen molar-refractivity contribution in [2.45, 2.75) is 58.5 Å². The summed E-state index contributed by atoms with van der Waals surface area (Å²) in [5, 5.41) is 8.26. The lowest BCUT2D eigenvalue weighted by Gasteiger charge is -2.16. The monoisotopic (exact) mass is 289 g/mol. The van der Waals surface area contributed by atoms with Crippen molar-refractivity contribution >= 4 is 0 Å². The van der Waals surface area contributed by atoms with Crippen molar-refractivity contribution in [1.29, 1.82) is 0 Å². The van der Waals surface area contributed by atoms with Crippen LogP contribution in [0.5, 0.6) is 0 Å². The molecule has 0 aromatic carbocycles. The summed E-state index contributed by atoms with van der Waals surface area (Å²) in [5.41, 5.74) is 1.17. The van der Waals surface area contributed by atoms with E-state index in [1.165, 1.54) is 5.69 Å². The molecule has 21 heavy (non-hydrogen) atoms. The normalized spacial score (nSPS) is 14.2. The Hall–Kier alpha value is -1.55. The molecular weight excluding hydrogens is 262 g/mol. The fourth-order valence-electron chi connectivity index (χ4n) is 2.51. The van der Waals surface area contributed by atoms with Crippen LogP contribution in [0.25, 0.3) is 0 Å². The molecule has 0 aliphatic heterocycles. The van der Waals surface area contributed by atoms with Crippen LogP contribution >= 0.6 is 0 Å². The molecule has 0 saturated carbocycles. The Balaban J connectivity index is 1.90. The molecule has 4 nitrogen and oxygen atoms in total. The van der Waals surface area contributed by atoms with Crippen molar-refractivity contribution in [3.05, 3.63) is 42.1 Å². The number of hydrogen-bond donors (Lipinski definition) is 1. The first-order chi connectivity index (χ1) is 10.2. The first kappa shape index (κ1) is 15.8. The van der Waals surface area contributed by atoms with Gasteiger partial charge in [-0.05, 0) is 44.5 Å². The van der Waals surface area contributed by atoms with Gasteiger partial charge in [-0.3, -0.25) is 4.68 Å². The van der Waals surface area contributed by atoms with E-state index in [1.807, 2.05) is 12.1 Å². The van der Waals surface area contributed by atoms with Gasteiger partial charge in [0.25, 0.3) is 0 Å². The number of likely N-dealkylation sites (N-methyl/N-ethyl adjacent to an activating group) is 1. The van der Waals surface area contributed by atoms with E-state index in [0.29, 0.717) is 12.1 Å². The summed E-state index contributed by atoms with van der Waals surface area (Å²) in [5.74, 6) is 1.06. The first-order valence-electron chi connectivity index (χ1n) is 8.02. The number of furan rings is 1. The quantitative estimate of drug-likeness (QED) is 0.767. The van der Waals surface area contributed by atoms with Crippen molar-refractivity contribution < 1.29 is 4.42 Å². The SMILES string of the molecule is CCNC(CCc1ccco1)Cc1ccn(C(C)CC)n1. The standard InChI is InChI=1S/C17H27N3O/c1-4-14(3)20-11-10-16(19-20)13-15(18-5-2)8-9-17-7-6-12-21-17/h6-7,10-12,14-15,18H,4-5,8-9,13H2,1-3H3. The van der Waals surface area contributed by atoms with Gasteiger partial charge in [0.15, 0.2) is 0 Å². The third-order valence-corrected chi connectivity index (χ3v) is 3.97. The van der Waals surface area contributed by atoms with Crippen molar-refractivity contribution in [3.63, 3.8) is 0 Å². The summed E-state index contributed by atoms with van der Waals surface area (Å²) >= 11 is 0. The molecule has 2 unspecified atom stereocenters. The van der Waals surface area contributed by atoms with E-state index in [0.717, 1.165) is 38.0 Å².